The highest BCUT2D eigenvalue weighted by Crippen LogP contribution is 2.16. The molecule has 1 fully saturated rings. The molecule has 8 heteroatoms. The zero-order valence-corrected chi connectivity index (χ0v) is 15.6. The van der Waals surface area contributed by atoms with E-state index >= 15 is 0 Å². The third-order valence-electron chi connectivity index (χ3n) is 4.88. The van der Waals surface area contributed by atoms with Crippen LogP contribution in [0, 0.1) is 0 Å². The van der Waals surface area contributed by atoms with Crippen molar-refractivity contribution in [2.24, 2.45) is 0 Å². The predicted molar refractivity (Wildman–Crippen MR) is 105 cm³/mol. The van der Waals surface area contributed by atoms with Gasteiger partial charge in [0.2, 0.25) is 5.91 Å². The minimum atomic E-state index is 0.117. The lowest BCUT2D eigenvalue weighted by molar-refractivity contribution is -0.132. The van der Waals surface area contributed by atoms with Gasteiger partial charge >= 0.3 is 0 Å². The van der Waals surface area contributed by atoms with Crippen molar-refractivity contribution in [1.29, 1.82) is 0 Å². The summed E-state index contributed by atoms with van der Waals surface area (Å²) in [6.45, 7) is 3.20. The monoisotopic (exact) mass is 365 g/mol. The highest BCUT2D eigenvalue weighted by Gasteiger charge is 2.22. The van der Waals surface area contributed by atoms with Crippen LogP contribution in [0.1, 0.15) is 0 Å². The number of anilines is 2. The maximum atomic E-state index is 12.7. The Morgan fingerprint density at radius 2 is 1.81 bits per heavy atom. The fourth-order valence-corrected chi connectivity index (χ4v) is 3.29. The van der Waals surface area contributed by atoms with E-state index in [1.165, 1.54) is 0 Å². The summed E-state index contributed by atoms with van der Waals surface area (Å²) in [5, 5.41) is 8.54. The van der Waals surface area contributed by atoms with Gasteiger partial charge in [0.05, 0.1) is 17.4 Å². The standard InChI is InChI=1S/C19H23N7O/c1-23(2)17-7-8-18(22-21-17)24-9-11-25(12-10-24)19(27)13-26-14-20-15-5-3-4-6-16(15)26/h3-8,14H,9-13H2,1-2H3. The van der Waals surface area contributed by atoms with Gasteiger partial charge in [-0.05, 0) is 24.3 Å². The van der Waals surface area contributed by atoms with E-state index in [0.717, 1.165) is 35.8 Å². The van der Waals surface area contributed by atoms with Gasteiger partial charge in [0.15, 0.2) is 11.6 Å². The predicted octanol–water partition coefficient (Wildman–Crippen LogP) is 1.24. The number of hydrogen-bond donors (Lipinski definition) is 0. The third-order valence-corrected chi connectivity index (χ3v) is 4.88. The molecule has 0 atom stereocenters. The second kappa shape index (κ2) is 7.22. The molecule has 8 nitrogen and oxygen atoms in total. The number of benzene rings is 1. The molecular formula is C19H23N7O. The van der Waals surface area contributed by atoms with E-state index < -0.39 is 0 Å². The molecule has 27 heavy (non-hydrogen) atoms. The molecule has 1 amide bonds. The average molecular weight is 365 g/mol. The van der Waals surface area contributed by atoms with Gasteiger partial charge in [-0.1, -0.05) is 12.1 Å². The summed E-state index contributed by atoms with van der Waals surface area (Å²) in [7, 11) is 3.88. The van der Waals surface area contributed by atoms with Crippen LogP contribution in [-0.4, -0.2) is 70.8 Å². The van der Waals surface area contributed by atoms with E-state index in [1.807, 2.05) is 64.9 Å². The number of carbonyl (C=O) groups is 1. The van der Waals surface area contributed by atoms with Crippen LogP contribution in [0.25, 0.3) is 11.0 Å². The number of piperazine rings is 1. The lowest BCUT2D eigenvalue weighted by atomic mass is 10.3. The number of nitrogens with zero attached hydrogens (tertiary/aromatic N) is 7. The molecule has 0 radical (unpaired) electrons. The number of hydrogen-bond acceptors (Lipinski definition) is 6. The van der Waals surface area contributed by atoms with Crippen molar-refractivity contribution < 1.29 is 4.79 Å². The van der Waals surface area contributed by atoms with Crippen molar-refractivity contribution in [3.63, 3.8) is 0 Å². The Hall–Kier alpha value is -3.16. The van der Waals surface area contributed by atoms with Crippen molar-refractivity contribution in [1.82, 2.24) is 24.6 Å². The number of carbonyl (C=O) groups excluding carboxylic acids is 1. The summed E-state index contributed by atoms with van der Waals surface area (Å²) in [6.07, 6.45) is 1.74. The first kappa shape index (κ1) is 17.3. The van der Waals surface area contributed by atoms with Gasteiger partial charge in [0, 0.05) is 40.3 Å². The van der Waals surface area contributed by atoms with E-state index in [1.54, 1.807) is 6.33 Å². The van der Waals surface area contributed by atoms with E-state index in [2.05, 4.69) is 20.1 Å². The minimum absolute atomic E-state index is 0.117. The second-order valence-corrected chi connectivity index (χ2v) is 6.87. The van der Waals surface area contributed by atoms with E-state index in [9.17, 15) is 4.79 Å². The summed E-state index contributed by atoms with van der Waals surface area (Å²) in [4.78, 5) is 23.1. The Morgan fingerprint density at radius 1 is 1.04 bits per heavy atom. The molecule has 4 rings (SSSR count). The summed E-state index contributed by atoms with van der Waals surface area (Å²) < 4.78 is 1.91. The SMILES string of the molecule is CN(C)c1ccc(N2CCN(C(=O)Cn3cnc4ccccc43)CC2)nn1. The van der Waals surface area contributed by atoms with Gasteiger partial charge in [0.1, 0.15) is 6.54 Å². The van der Waals surface area contributed by atoms with E-state index in [4.69, 9.17) is 0 Å². The second-order valence-electron chi connectivity index (χ2n) is 6.87. The van der Waals surface area contributed by atoms with E-state index in [-0.39, 0.29) is 5.91 Å². The topological polar surface area (TPSA) is 70.4 Å². The van der Waals surface area contributed by atoms with Crippen LogP contribution in [0.15, 0.2) is 42.7 Å². The quantitative estimate of drug-likeness (QED) is 0.693. The summed E-state index contributed by atoms with van der Waals surface area (Å²) in [5.41, 5.74) is 1.90. The van der Waals surface area contributed by atoms with Crippen LogP contribution in [0.5, 0.6) is 0 Å². The molecule has 1 saturated heterocycles. The third kappa shape index (κ3) is 3.55. The Bertz CT molecular complexity index is 927. The number of imidazole rings is 1. The molecule has 0 bridgehead atoms. The van der Waals surface area contributed by atoms with Gasteiger partial charge in [-0.25, -0.2) is 4.98 Å². The number of rotatable bonds is 4. The van der Waals surface area contributed by atoms with Crippen molar-refractivity contribution in [2.45, 2.75) is 6.54 Å². The Kier molecular flexibility index (Phi) is 4.62. The fourth-order valence-electron chi connectivity index (χ4n) is 3.29. The van der Waals surface area contributed by atoms with Gasteiger partial charge in [-0.15, -0.1) is 10.2 Å². The van der Waals surface area contributed by atoms with Gasteiger partial charge in [0.25, 0.3) is 0 Å². The lowest BCUT2D eigenvalue weighted by Gasteiger charge is -2.35. The molecule has 140 valence electrons. The molecule has 1 aliphatic heterocycles. The summed E-state index contributed by atoms with van der Waals surface area (Å²) in [6, 6.07) is 11.8. The van der Waals surface area contributed by atoms with Crippen LogP contribution in [0.4, 0.5) is 11.6 Å². The first-order valence-corrected chi connectivity index (χ1v) is 9.05. The Labute approximate surface area is 158 Å². The van der Waals surface area contributed by atoms with Crippen LogP contribution >= 0.6 is 0 Å². The van der Waals surface area contributed by atoms with Crippen LogP contribution in [0.3, 0.4) is 0 Å². The summed E-state index contributed by atoms with van der Waals surface area (Å²) in [5.74, 6) is 1.81. The normalized spacial score (nSPS) is 14.6. The van der Waals surface area contributed by atoms with Crippen molar-refractivity contribution >= 4 is 28.6 Å². The number of amides is 1. The highest BCUT2D eigenvalue weighted by molar-refractivity contribution is 5.80. The smallest absolute Gasteiger partial charge is 0.242 e. The maximum absolute atomic E-state index is 12.7. The molecule has 0 saturated carbocycles. The van der Waals surface area contributed by atoms with Crippen LogP contribution < -0.4 is 9.80 Å². The Morgan fingerprint density at radius 3 is 2.52 bits per heavy atom. The zero-order valence-electron chi connectivity index (χ0n) is 15.6. The molecule has 3 aromatic rings. The fraction of sp³-hybridized carbons (Fsp3) is 0.368. The maximum Gasteiger partial charge on any atom is 0.242 e. The zero-order chi connectivity index (χ0) is 18.8. The molecule has 0 N–H and O–H groups in total. The molecule has 3 heterocycles. The van der Waals surface area contributed by atoms with Gasteiger partial charge in [-0.2, -0.15) is 0 Å². The molecule has 1 aliphatic rings. The van der Waals surface area contributed by atoms with Crippen molar-refractivity contribution in [3.8, 4) is 0 Å². The van der Waals surface area contributed by atoms with Crippen LogP contribution in [-0.2, 0) is 11.3 Å². The molecule has 1 aromatic carbocycles. The molecule has 0 spiro atoms. The number of aromatic nitrogens is 4. The number of fused-ring (bicyclic) bond motifs is 1. The Balaban J connectivity index is 1.36. The minimum Gasteiger partial charge on any atom is -0.361 e. The molecule has 0 unspecified atom stereocenters. The summed E-state index contributed by atoms with van der Waals surface area (Å²) >= 11 is 0. The van der Waals surface area contributed by atoms with Gasteiger partial charge in [-0.3, -0.25) is 4.79 Å². The first-order chi connectivity index (χ1) is 13.1. The largest absolute Gasteiger partial charge is 0.361 e. The number of para-hydroxylation sites is 2. The highest BCUT2D eigenvalue weighted by atomic mass is 16.2. The first-order valence-electron chi connectivity index (χ1n) is 9.05. The molecule has 0 aliphatic carbocycles. The van der Waals surface area contributed by atoms with Crippen LogP contribution in [0.2, 0.25) is 0 Å². The average Bonchev–Trinajstić information content (AvgIpc) is 3.11. The lowest BCUT2D eigenvalue weighted by Crippen LogP contribution is -2.49. The van der Waals surface area contributed by atoms with Crippen molar-refractivity contribution in [3.05, 3.63) is 42.7 Å². The van der Waals surface area contributed by atoms with Gasteiger partial charge < -0.3 is 19.3 Å². The van der Waals surface area contributed by atoms with E-state index in [0.29, 0.717) is 19.6 Å². The van der Waals surface area contributed by atoms with Crippen molar-refractivity contribution in [2.75, 3.05) is 50.1 Å². The molecule has 2 aromatic heterocycles. The molecular weight excluding hydrogens is 342 g/mol.